The molecule has 0 aromatic heterocycles. The van der Waals surface area contributed by atoms with E-state index in [-0.39, 0.29) is 18.0 Å². The summed E-state index contributed by atoms with van der Waals surface area (Å²) >= 11 is 0. The van der Waals surface area contributed by atoms with Gasteiger partial charge in [0.15, 0.2) is 0 Å². The van der Waals surface area contributed by atoms with E-state index in [2.05, 4.69) is 10.6 Å². The summed E-state index contributed by atoms with van der Waals surface area (Å²) in [4.78, 5) is 26.2. The molecule has 3 amide bonds. The third-order valence-electron chi connectivity index (χ3n) is 5.30. The van der Waals surface area contributed by atoms with E-state index in [1.54, 1.807) is 11.0 Å². The lowest BCUT2D eigenvalue weighted by Gasteiger charge is -2.18. The van der Waals surface area contributed by atoms with Crippen molar-refractivity contribution < 1.29 is 14.3 Å². The zero-order valence-corrected chi connectivity index (χ0v) is 16.0. The third-order valence-corrected chi connectivity index (χ3v) is 5.30. The smallest absolute Gasteiger partial charge is 0.322 e. The quantitative estimate of drug-likeness (QED) is 0.822. The second-order valence-electron chi connectivity index (χ2n) is 7.39. The molecule has 2 aliphatic rings. The monoisotopic (exact) mass is 379 g/mol. The highest BCUT2D eigenvalue weighted by molar-refractivity contribution is 6.05. The Morgan fingerprint density at radius 2 is 2.00 bits per heavy atom. The van der Waals surface area contributed by atoms with Crippen LogP contribution in [0.5, 0.6) is 5.75 Å². The lowest BCUT2D eigenvalue weighted by molar-refractivity contribution is 0.102. The van der Waals surface area contributed by atoms with Crippen molar-refractivity contribution in [3.63, 3.8) is 0 Å². The minimum absolute atomic E-state index is 0.0978. The van der Waals surface area contributed by atoms with Crippen LogP contribution in [0.4, 0.5) is 16.2 Å². The second kappa shape index (κ2) is 7.92. The Bertz CT molecular complexity index is 890. The summed E-state index contributed by atoms with van der Waals surface area (Å²) in [5.41, 5.74) is 2.99. The minimum Gasteiger partial charge on any atom is -0.490 e. The molecule has 28 heavy (non-hydrogen) atoms. The molecule has 4 rings (SSSR count). The molecule has 146 valence electrons. The number of ether oxygens (including phenoxy) is 1. The fourth-order valence-corrected chi connectivity index (χ4v) is 3.85. The Labute approximate surface area is 164 Å². The molecule has 2 aromatic rings. The van der Waals surface area contributed by atoms with Gasteiger partial charge >= 0.3 is 6.03 Å². The van der Waals surface area contributed by atoms with Gasteiger partial charge in [0.1, 0.15) is 5.75 Å². The number of hydrogen-bond acceptors (Lipinski definition) is 3. The summed E-state index contributed by atoms with van der Waals surface area (Å²) in [6.07, 6.45) is 4.91. The number of anilines is 2. The Hall–Kier alpha value is -3.02. The Morgan fingerprint density at radius 3 is 2.71 bits per heavy atom. The lowest BCUT2D eigenvalue weighted by atomic mass is 10.1. The minimum atomic E-state index is -0.182. The van der Waals surface area contributed by atoms with Gasteiger partial charge in [-0.15, -0.1) is 0 Å². The molecule has 1 saturated carbocycles. The summed E-state index contributed by atoms with van der Waals surface area (Å²) in [7, 11) is 0. The Balaban J connectivity index is 1.44. The molecule has 1 heterocycles. The van der Waals surface area contributed by atoms with Crippen molar-refractivity contribution >= 4 is 23.3 Å². The molecule has 2 aromatic carbocycles. The first-order valence-corrected chi connectivity index (χ1v) is 9.84. The number of nitrogens with one attached hydrogen (secondary N) is 2. The average molecular weight is 379 g/mol. The number of amides is 3. The molecule has 6 heteroatoms. The molecule has 1 aliphatic carbocycles. The first-order chi connectivity index (χ1) is 13.6. The van der Waals surface area contributed by atoms with Gasteiger partial charge in [-0.3, -0.25) is 9.69 Å². The van der Waals surface area contributed by atoms with Crippen molar-refractivity contribution in [2.45, 2.75) is 38.7 Å². The summed E-state index contributed by atoms with van der Waals surface area (Å²) < 4.78 is 6.01. The maximum atomic E-state index is 12.7. The van der Waals surface area contributed by atoms with Gasteiger partial charge in [0.2, 0.25) is 0 Å². The predicted molar refractivity (Wildman–Crippen MR) is 109 cm³/mol. The van der Waals surface area contributed by atoms with Gasteiger partial charge in [-0.1, -0.05) is 6.07 Å². The SMILES string of the molecule is Cc1cc(C(=O)Nc2cccc(OC3CCCC3)c2)ccc1N1CCNC1=O. The Kier molecular flexibility index (Phi) is 5.19. The van der Waals surface area contributed by atoms with Gasteiger partial charge < -0.3 is 15.4 Å². The van der Waals surface area contributed by atoms with Crippen LogP contribution in [0, 0.1) is 6.92 Å². The first-order valence-electron chi connectivity index (χ1n) is 9.84. The molecule has 0 unspecified atom stereocenters. The molecular formula is C22H25N3O3. The first kappa shape index (κ1) is 18.3. The molecule has 1 aliphatic heterocycles. The molecule has 0 bridgehead atoms. The lowest BCUT2D eigenvalue weighted by Crippen LogP contribution is -2.28. The largest absolute Gasteiger partial charge is 0.490 e. The number of urea groups is 1. The van der Waals surface area contributed by atoms with E-state index in [1.807, 2.05) is 43.3 Å². The van der Waals surface area contributed by atoms with E-state index in [9.17, 15) is 9.59 Å². The summed E-state index contributed by atoms with van der Waals surface area (Å²) in [5, 5.41) is 5.73. The van der Waals surface area contributed by atoms with Crippen molar-refractivity contribution in [2.24, 2.45) is 0 Å². The average Bonchev–Trinajstić information content (AvgIpc) is 3.34. The van der Waals surface area contributed by atoms with Gasteiger partial charge in [-0.05, 0) is 68.5 Å². The number of aryl methyl sites for hydroxylation is 1. The maximum Gasteiger partial charge on any atom is 0.322 e. The standard InChI is InChI=1S/C22H25N3O3/c1-15-13-16(9-10-20(15)25-12-11-23-22(25)27)21(26)24-17-5-4-8-19(14-17)28-18-6-2-3-7-18/h4-5,8-10,13-14,18H,2-3,6-7,11-12H2,1H3,(H,23,27)(H,24,26). The molecular weight excluding hydrogens is 354 g/mol. The van der Waals surface area contributed by atoms with E-state index in [0.29, 0.717) is 24.3 Å². The summed E-state index contributed by atoms with van der Waals surface area (Å²) in [5.74, 6) is 0.606. The van der Waals surface area contributed by atoms with Crippen LogP contribution in [0.15, 0.2) is 42.5 Å². The Morgan fingerprint density at radius 1 is 1.18 bits per heavy atom. The highest BCUT2D eigenvalue weighted by atomic mass is 16.5. The molecule has 0 radical (unpaired) electrons. The van der Waals surface area contributed by atoms with Crippen molar-refractivity contribution in [1.82, 2.24) is 5.32 Å². The zero-order chi connectivity index (χ0) is 19.5. The number of carbonyl (C=O) groups excluding carboxylic acids is 2. The highest BCUT2D eigenvalue weighted by Crippen LogP contribution is 2.27. The van der Waals surface area contributed by atoms with Crippen LogP contribution in [0.2, 0.25) is 0 Å². The van der Waals surface area contributed by atoms with E-state index < -0.39 is 0 Å². The van der Waals surface area contributed by atoms with Crippen molar-refractivity contribution in [3.05, 3.63) is 53.6 Å². The number of nitrogens with zero attached hydrogens (tertiary/aromatic N) is 1. The fourth-order valence-electron chi connectivity index (χ4n) is 3.85. The fraction of sp³-hybridized carbons (Fsp3) is 0.364. The van der Waals surface area contributed by atoms with Crippen molar-refractivity contribution in [2.75, 3.05) is 23.3 Å². The zero-order valence-electron chi connectivity index (χ0n) is 16.0. The molecule has 1 saturated heterocycles. The van der Waals surface area contributed by atoms with Gasteiger partial charge in [0.25, 0.3) is 5.91 Å². The van der Waals surface area contributed by atoms with Gasteiger partial charge in [0.05, 0.1) is 6.10 Å². The number of hydrogen-bond donors (Lipinski definition) is 2. The number of benzene rings is 2. The van der Waals surface area contributed by atoms with E-state index in [0.717, 1.165) is 29.8 Å². The van der Waals surface area contributed by atoms with Crippen molar-refractivity contribution in [3.8, 4) is 5.75 Å². The summed E-state index contributed by atoms with van der Waals surface area (Å²) in [6, 6.07) is 12.8. The second-order valence-corrected chi connectivity index (χ2v) is 7.39. The topological polar surface area (TPSA) is 70.7 Å². The number of rotatable bonds is 5. The van der Waals surface area contributed by atoms with Crippen LogP contribution >= 0.6 is 0 Å². The van der Waals surface area contributed by atoms with Crippen LogP contribution in [0.1, 0.15) is 41.6 Å². The summed E-state index contributed by atoms with van der Waals surface area (Å²) in [6.45, 7) is 3.19. The molecule has 2 fully saturated rings. The normalized spacial score (nSPS) is 16.9. The van der Waals surface area contributed by atoms with Crippen LogP contribution in [-0.2, 0) is 0 Å². The van der Waals surface area contributed by atoms with Crippen LogP contribution in [0.25, 0.3) is 0 Å². The van der Waals surface area contributed by atoms with E-state index in [1.165, 1.54) is 12.8 Å². The highest BCUT2D eigenvalue weighted by Gasteiger charge is 2.23. The third kappa shape index (κ3) is 3.96. The molecule has 0 atom stereocenters. The maximum absolute atomic E-state index is 12.7. The predicted octanol–water partition coefficient (Wildman–Crippen LogP) is 4.10. The van der Waals surface area contributed by atoms with Gasteiger partial charge in [0, 0.05) is 36.1 Å². The van der Waals surface area contributed by atoms with Gasteiger partial charge in [-0.25, -0.2) is 4.79 Å². The van der Waals surface area contributed by atoms with E-state index >= 15 is 0 Å². The number of carbonyl (C=O) groups is 2. The molecule has 6 nitrogen and oxygen atoms in total. The van der Waals surface area contributed by atoms with Gasteiger partial charge in [-0.2, -0.15) is 0 Å². The van der Waals surface area contributed by atoms with Crippen molar-refractivity contribution in [1.29, 1.82) is 0 Å². The van der Waals surface area contributed by atoms with Crippen LogP contribution in [-0.4, -0.2) is 31.1 Å². The molecule has 2 N–H and O–H groups in total. The van der Waals surface area contributed by atoms with Crippen LogP contribution < -0.4 is 20.3 Å². The molecule has 0 spiro atoms. The van der Waals surface area contributed by atoms with E-state index in [4.69, 9.17) is 4.74 Å². The van der Waals surface area contributed by atoms with Crippen LogP contribution in [0.3, 0.4) is 0 Å².